The Morgan fingerprint density at radius 2 is 1.77 bits per heavy atom. The smallest absolute Gasteiger partial charge is 0.113 e. The molecule has 22 heavy (non-hydrogen) atoms. The molecule has 0 aliphatic heterocycles. The van der Waals surface area contributed by atoms with Gasteiger partial charge >= 0.3 is 0 Å². The molecule has 0 aliphatic rings. The van der Waals surface area contributed by atoms with Crippen LogP contribution in [0.15, 0.2) is 60.9 Å². The van der Waals surface area contributed by atoms with Crippen molar-refractivity contribution in [1.29, 1.82) is 0 Å². The van der Waals surface area contributed by atoms with Crippen LogP contribution in [-0.4, -0.2) is 9.55 Å². The minimum Gasteiger partial charge on any atom is -0.330 e. The predicted octanol–water partition coefficient (Wildman–Crippen LogP) is 3.63. The molecule has 2 aromatic carbocycles. The van der Waals surface area contributed by atoms with Crippen LogP contribution >= 0.6 is 11.6 Å². The molecule has 3 nitrogen and oxygen atoms in total. The normalized spacial score (nSPS) is 10.8. The van der Waals surface area contributed by atoms with Crippen LogP contribution in [0.1, 0.15) is 22.5 Å². The van der Waals surface area contributed by atoms with E-state index >= 15 is 0 Å². The highest BCUT2D eigenvalue weighted by Gasteiger charge is 2.06. The summed E-state index contributed by atoms with van der Waals surface area (Å²) in [6.07, 6.45) is 4.62. The molecule has 0 spiro atoms. The van der Waals surface area contributed by atoms with Crippen molar-refractivity contribution in [2.75, 3.05) is 0 Å². The summed E-state index contributed by atoms with van der Waals surface area (Å²) in [6, 6.07) is 16.3. The fourth-order valence-corrected chi connectivity index (χ4v) is 2.75. The summed E-state index contributed by atoms with van der Waals surface area (Å²) < 4.78 is 2.16. The molecule has 0 fully saturated rings. The average molecular weight is 312 g/mol. The molecular formula is C18H18ClN3. The first-order valence-corrected chi connectivity index (χ1v) is 7.65. The zero-order valence-electron chi connectivity index (χ0n) is 12.2. The Labute approximate surface area is 135 Å². The van der Waals surface area contributed by atoms with E-state index in [1.54, 1.807) is 0 Å². The van der Waals surface area contributed by atoms with E-state index in [0.29, 0.717) is 6.54 Å². The highest BCUT2D eigenvalue weighted by atomic mass is 35.5. The first-order chi connectivity index (χ1) is 10.7. The van der Waals surface area contributed by atoms with E-state index in [1.165, 1.54) is 5.56 Å². The summed E-state index contributed by atoms with van der Waals surface area (Å²) >= 11 is 6.05. The van der Waals surface area contributed by atoms with Gasteiger partial charge in [-0.3, -0.25) is 0 Å². The van der Waals surface area contributed by atoms with E-state index in [9.17, 15) is 0 Å². The Morgan fingerprint density at radius 3 is 2.59 bits per heavy atom. The van der Waals surface area contributed by atoms with Gasteiger partial charge in [-0.15, -0.1) is 0 Å². The number of hydrogen-bond acceptors (Lipinski definition) is 2. The summed E-state index contributed by atoms with van der Waals surface area (Å²) in [4.78, 5) is 4.48. The maximum absolute atomic E-state index is 6.05. The van der Waals surface area contributed by atoms with Gasteiger partial charge in [0.25, 0.3) is 0 Å². The molecule has 3 rings (SSSR count). The van der Waals surface area contributed by atoms with Gasteiger partial charge in [0.05, 0.1) is 0 Å². The second-order valence-corrected chi connectivity index (χ2v) is 5.74. The van der Waals surface area contributed by atoms with E-state index in [4.69, 9.17) is 17.3 Å². The van der Waals surface area contributed by atoms with Gasteiger partial charge in [0.2, 0.25) is 0 Å². The molecule has 1 heterocycles. The van der Waals surface area contributed by atoms with Crippen LogP contribution in [0.5, 0.6) is 0 Å². The van der Waals surface area contributed by atoms with Crippen LogP contribution in [-0.2, 0) is 19.5 Å². The van der Waals surface area contributed by atoms with Crippen molar-refractivity contribution in [1.82, 2.24) is 9.55 Å². The van der Waals surface area contributed by atoms with Crippen LogP contribution in [0.25, 0.3) is 0 Å². The number of rotatable bonds is 5. The van der Waals surface area contributed by atoms with Crippen molar-refractivity contribution in [3.05, 3.63) is 88.5 Å². The van der Waals surface area contributed by atoms with Crippen molar-refractivity contribution in [2.45, 2.75) is 19.5 Å². The summed E-state index contributed by atoms with van der Waals surface area (Å²) in [5, 5.41) is 0.756. The average Bonchev–Trinajstić information content (AvgIpc) is 2.94. The number of benzene rings is 2. The lowest BCUT2D eigenvalue weighted by Gasteiger charge is -2.09. The summed E-state index contributed by atoms with van der Waals surface area (Å²) in [5.74, 6) is 1.03. The first-order valence-electron chi connectivity index (χ1n) is 7.27. The molecular weight excluding hydrogens is 294 g/mol. The SMILES string of the molecule is NCc1cccc(Cn2ccnc2Cc2cccc(Cl)c2)c1. The second-order valence-electron chi connectivity index (χ2n) is 5.30. The van der Waals surface area contributed by atoms with Gasteiger partial charge < -0.3 is 10.3 Å². The summed E-state index contributed by atoms with van der Waals surface area (Å²) in [5.41, 5.74) is 9.25. The molecule has 0 saturated heterocycles. The number of aromatic nitrogens is 2. The zero-order chi connectivity index (χ0) is 15.4. The van der Waals surface area contributed by atoms with Crippen molar-refractivity contribution < 1.29 is 0 Å². The number of nitrogens with two attached hydrogens (primary N) is 1. The third-order valence-corrected chi connectivity index (χ3v) is 3.87. The maximum atomic E-state index is 6.05. The Kier molecular flexibility index (Phi) is 4.56. The van der Waals surface area contributed by atoms with Crippen molar-refractivity contribution in [2.24, 2.45) is 5.73 Å². The molecule has 0 unspecified atom stereocenters. The van der Waals surface area contributed by atoms with E-state index in [0.717, 1.165) is 34.9 Å². The van der Waals surface area contributed by atoms with Crippen LogP contribution in [0.3, 0.4) is 0 Å². The molecule has 0 bridgehead atoms. The predicted molar refractivity (Wildman–Crippen MR) is 89.9 cm³/mol. The minimum atomic E-state index is 0.563. The minimum absolute atomic E-state index is 0.563. The standard InChI is InChI=1S/C18H18ClN3/c19-17-6-2-3-14(10-17)11-18-21-7-8-22(18)13-16-5-1-4-15(9-16)12-20/h1-10H,11-13,20H2. The van der Waals surface area contributed by atoms with Crippen LogP contribution in [0, 0.1) is 0 Å². The fourth-order valence-electron chi connectivity index (χ4n) is 2.53. The van der Waals surface area contributed by atoms with Crippen LogP contribution in [0.2, 0.25) is 5.02 Å². The lowest BCUT2D eigenvalue weighted by molar-refractivity contribution is 0.739. The quantitative estimate of drug-likeness (QED) is 0.782. The van der Waals surface area contributed by atoms with E-state index in [1.807, 2.05) is 42.7 Å². The van der Waals surface area contributed by atoms with E-state index in [2.05, 4.69) is 27.8 Å². The van der Waals surface area contributed by atoms with Crippen molar-refractivity contribution in [3.8, 4) is 0 Å². The first kappa shape index (κ1) is 14.8. The Morgan fingerprint density at radius 1 is 1.00 bits per heavy atom. The van der Waals surface area contributed by atoms with Crippen LogP contribution < -0.4 is 5.73 Å². The lowest BCUT2D eigenvalue weighted by Crippen LogP contribution is -2.06. The highest BCUT2D eigenvalue weighted by Crippen LogP contribution is 2.15. The number of hydrogen-bond donors (Lipinski definition) is 1. The van der Waals surface area contributed by atoms with Gasteiger partial charge in [-0.05, 0) is 28.8 Å². The Hall–Kier alpha value is -2.10. The number of nitrogens with zero attached hydrogens (tertiary/aromatic N) is 2. The number of halogens is 1. The molecule has 0 amide bonds. The van der Waals surface area contributed by atoms with Crippen molar-refractivity contribution >= 4 is 11.6 Å². The topological polar surface area (TPSA) is 43.8 Å². The monoisotopic (exact) mass is 311 g/mol. The molecule has 3 aromatic rings. The summed E-state index contributed by atoms with van der Waals surface area (Å²) in [6.45, 7) is 1.36. The largest absolute Gasteiger partial charge is 0.330 e. The molecule has 4 heteroatoms. The van der Waals surface area contributed by atoms with Crippen LogP contribution in [0.4, 0.5) is 0 Å². The van der Waals surface area contributed by atoms with Gasteiger partial charge in [-0.2, -0.15) is 0 Å². The molecule has 1 aromatic heterocycles. The van der Waals surface area contributed by atoms with Gasteiger partial charge in [0.1, 0.15) is 5.82 Å². The molecule has 2 N–H and O–H groups in total. The van der Waals surface area contributed by atoms with Gasteiger partial charge in [0.15, 0.2) is 0 Å². The third-order valence-electron chi connectivity index (χ3n) is 3.63. The Balaban J connectivity index is 1.80. The molecule has 112 valence electrons. The van der Waals surface area contributed by atoms with Gasteiger partial charge in [-0.25, -0.2) is 4.98 Å². The van der Waals surface area contributed by atoms with Crippen molar-refractivity contribution in [3.63, 3.8) is 0 Å². The molecule has 0 radical (unpaired) electrons. The molecule has 0 saturated carbocycles. The Bertz CT molecular complexity index is 764. The molecule has 0 aliphatic carbocycles. The third kappa shape index (κ3) is 3.56. The maximum Gasteiger partial charge on any atom is 0.113 e. The fraction of sp³-hybridized carbons (Fsp3) is 0.167. The second kappa shape index (κ2) is 6.77. The van der Waals surface area contributed by atoms with E-state index < -0.39 is 0 Å². The molecule has 0 atom stereocenters. The van der Waals surface area contributed by atoms with Gasteiger partial charge in [0, 0.05) is 36.9 Å². The zero-order valence-corrected chi connectivity index (χ0v) is 13.0. The summed E-state index contributed by atoms with van der Waals surface area (Å²) in [7, 11) is 0. The number of imidazole rings is 1. The van der Waals surface area contributed by atoms with E-state index in [-0.39, 0.29) is 0 Å². The lowest BCUT2D eigenvalue weighted by atomic mass is 10.1. The highest BCUT2D eigenvalue weighted by molar-refractivity contribution is 6.30. The van der Waals surface area contributed by atoms with Gasteiger partial charge in [-0.1, -0.05) is 48.0 Å².